The number of nitrogens with one attached hydrogen (secondary N) is 1. The molecule has 1 amide bonds. The van der Waals surface area contributed by atoms with Crippen molar-refractivity contribution in [3.05, 3.63) is 47.1 Å². The summed E-state index contributed by atoms with van der Waals surface area (Å²) < 4.78 is 50.6. The number of alkyl halides is 3. The van der Waals surface area contributed by atoms with Crippen LogP contribution >= 0.6 is 11.6 Å². The van der Waals surface area contributed by atoms with Crippen LogP contribution in [0.2, 0.25) is 5.02 Å². The molecular formula is C26H29ClF3N5O3. The Kier molecular flexibility index (Phi) is 9.14. The lowest BCUT2D eigenvalue weighted by atomic mass is 9.91. The number of methoxy groups -OCH3 is 1. The van der Waals surface area contributed by atoms with Crippen molar-refractivity contribution in [2.45, 2.75) is 59.4 Å². The van der Waals surface area contributed by atoms with E-state index in [1.54, 1.807) is 36.5 Å². The van der Waals surface area contributed by atoms with E-state index in [0.717, 1.165) is 26.7 Å². The molecule has 0 saturated heterocycles. The maximum Gasteiger partial charge on any atom is 0.402 e. The molecule has 1 atom stereocenters. The monoisotopic (exact) mass is 551 g/mol. The molecule has 0 fully saturated rings. The molecule has 3 rings (SSSR count). The smallest absolute Gasteiger partial charge is 0.402 e. The SMILES string of the molecule is CCCC(C)Oc1ccc(-c2nc(OC)nc(-c3cc(CNC(=O)C(C)(C)C(F)(F)F)ccc3Cl)n2)cn1. The van der Waals surface area contributed by atoms with Gasteiger partial charge in [0, 0.05) is 29.9 Å². The lowest BCUT2D eigenvalue weighted by molar-refractivity contribution is -0.211. The van der Waals surface area contributed by atoms with Gasteiger partial charge in [-0.1, -0.05) is 31.0 Å². The van der Waals surface area contributed by atoms with Gasteiger partial charge in [0.2, 0.25) is 11.8 Å². The summed E-state index contributed by atoms with van der Waals surface area (Å²) in [4.78, 5) is 29.6. The molecule has 8 nitrogen and oxygen atoms in total. The first kappa shape index (κ1) is 29.1. The van der Waals surface area contributed by atoms with Crippen molar-refractivity contribution in [1.82, 2.24) is 25.3 Å². The minimum absolute atomic E-state index is 0.0287. The molecule has 0 spiro atoms. The number of aromatic nitrogens is 4. The fourth-order valence-electron chi connectivity index (χ4n) is 3.34. The summed E-state index contributed by atoms with van der Waals surface area (Å²) in [5, 5.41) is 2.62. The molecular weight excluding hydrogens is 523 g/mol. The summed E-state index contributed by atoms with van der Waals surface area (Å²) in [5.74, 6) is -0.219. The summed E-state index contributed by atoms with van der Waals surface area (Å²) >= 11 is 6.41. The van der Waals surface area contributed by atoms with Gasteiger partial charge in [0.25, 0.3) is 0 Å². The Morgan fingerprint density at radius 1 is 1.11 bits per heavy atom. The van der Waals surface area contributed by atoms with Crippen molar-refractivity contribution < 1.29 is 27.4 Å². The predicted molar refractivity (Wildman–Crippen MR) is 137 cm³/mol. The van der Waals surface area contributed by atoms with E-state index in [9.17, 15) is 18.0 Å². The Bertz CT molecular complexity index is 1270. The highest BCUT2D eigenvalue weighted by atomic mass is 35.5. The number of amides is 1. The second kappa shape index (κ2) is 11.9. The summed E-state index contributed by atoms with van der Waals surface area (Å²) in [5.41, 5.74) is -1.07. The molecule has 1 aromatic carbocycles. The molecule has 38 heavy (non-hydrogen) atoms. The highest BCUT2D eigenvalue weighted by Gasteiger charge is 2.52. The average Bonchev–Trinajstić information content (AvgIpc) is 2.87. The average molecular weight is 552 g/mol. The fraction of sp³-hybridized carbons (Fsp3) is 0.423. The van der Waals surface area contributed by atoms with E-state index in [2.05, 4.69) is 32.2 Å². The van der Waals surface area contributed by atoms with Gasteiger partial charge in [0.1, 0.15) is 5.41 Å². The maximum absolute atomic E-state index is 13.2. The van der Waals surface area contributed by atoms with Crippen LogP contribution in [0.4, 0.5) is 13.2 Å². The van der Waals surface area contributed by atoms with E-state index in [-0.39, 0.29) is 30.3 Å². The standard InChI is InChI=1S/C26H29ClF3N5O3/c1-6-7-15(2)38-20-11-9-17(14-31-20)21-33-22(35-24(34-21)37-5)18-12-16(8-10-19(18)27)13-32-23(36)25(3,4)26(28,29)30/h8-12,14-15H,6-7,13H2,1-5H3,(H,32,36). The topological polar surface area (TPSA) is 99.1 Å². The first-order chi connectivity index (χ1) is 17.8. The number of carbonyl (C=O) groups excluding carboxylic acids is 1. The first-order valence-electron chi connectivity index (χ1n) is 11.9. The van der Waals surface area contributed by atoms with Gasteiger partial charge in [-0.3, -0.25) is 4.79 Å². The molecule has 0 bridgehead atoms. The van der Waals surface area contributed by atoms with Crippen LogP contribution in [0.3, 0.4) is 0 Å². The van der Waals surface area contributed by atoms with Crippen LogP contribution in [0.1, 0.15) is 46.1 Å². The van der Waals surface area contributed by atoms with E-state index in [0.29, 0.717) is 27.6 Å². The Morgan fingerprint density at radius 2 is 1.82 bits per heavy atom. The normalized spacial score (nSPS) is 12.7. The van der Waals surface area contributed by atoms with Crippen molar-refractivity contribution in [1.29, 1.82) is 0 Å². The zero-order valence-electron chi connectivity index (χ0n) is 21.7. The van der Waals surface area contributed by atoms with Crippen LogP contribution in [0.15, 0.2) is 36.5 Å². The van der Waals surface area contributed by atoms with Gasteiger partial charge in [0.15, 0.2) is 11.6 Å². The zero-order chi connectivity index (χ0) is 28.1. The van der Waals surface area contributed by atoms with Crippen molar-refractivity contribution in [2.24, 2.45) is 5.41 Å². The van der Waals surface area contributed by atoms with Crippen LogP contribution < -0.4 is 14.8 Å². The molecule has 12 heteroatoms. The highest BCUT2D eigenvalue weighted by molar-refractivity contribution is 6.33. The zero-order valence-corrected chi connectivity index (χ0v) is 22.4. The summed E-state index contributed by atoms with van der Waals surface area (Å²) in [6.07, 6.45) is -1.19. The number of halogens is 4. The Hall–Kier alpha value is -3.47. The van der Waals surface area contributed by atoms with Gasteiger partial charge in [-0.15, -0.1) is 0 Å². The number of hydrogen-bond donors (Lipinski definition) is 1. The molecule has 0 aliphatic heterocycles. The lowest BCUT2D eigenvalue weighted by Gasteiger charge is -2.26. The largest absolute Gasteiger partial charge is 0.475 e. The van der Waals surface area contributed by atoms with E-state index in [1.807, 2.05) is 6.92 Å². The third kappa shape index (κ3) is 6.89. The molecule has 0 radical (unpaired) electrons. The van der Waals surface area contributed by atoms with Gasteiger partial charge in [-0.05, 0) is 51.0 Å². The maximum atomic E-state index is 13.2. The molecule has 1 unspecified atom stereocenters. The minimum Gasteiger partial charge on any atom is -0.475 e. The number of rotatable bonds is 10. The molecule has 0 aliphatic rings. The van der Waals surface area contributed by atoms with Crippen LogP contribution in [-0.2, 0) is 11.3 Å². The van der Waals surface area contributed by atoms with Crippen LogP contribution in [-0.4, -0.2) is 45.2 Å². The Labute approximate surface area is 224 Å². The number of benzene rings is 1. The Morgan fingerprint density at radius 3 is 2.42 bits per heavy atom. The molecule has 2 aromatic heterocycles. The van der Waals surface area contributed by atoms with Crippen molar-refractivity contribution in [3.63, 3.8) is 0 Å². The summed E-state index contributed by atoms with van der Waals surface area (Å²) in [6.45, 7) is 5.55. The predicted octanol–water partition coefficient (Wildman–Crippen LogP) is 6.03. The summed E-state index contributed by atoms with van der Waals surface area (Å²) in [7, 11) is 1.41. The van der Waals surface area contributed by atoms with Gasteiger partial charge < -0.3 is 14.8 Å². The molecule has 3 aromatic rings. The molecule has 0 saturated carbocycles. The number of hydrogen-bond acceptors (Lipinski definition) is 7. The van der Waals surface area contributed by atoms with Crippen molar-refractivity contribution in [2.75, 3.05) is 7.11 Å². The van der Waals surface area contributed by atoms with E-state index in [1.165, 1.54) is 7.11 Å². The molecule has 0 aliphatic carbocycles. The highest BCUT2D eigenvalue weighted by Crippen LogP contribution is 2.37. The number of ether oxygens (including phenoxy) is 2. The van der Waals surface area contributed by atoms with Crippen LogP contribution in [0.5, 0.6) is 11.9 Å². The van der Waals surface area contributed by atoms with Gasteiger partial charge in [-0.2, -0.15) is 23.1 Å². The molecule has 1 N–H and O–H groups in total. The third-order valence-corrected chi connectivity index (χ3v) is 6.14. The summed E-state index contributed by atoms with van der Waals surface area (Å²) in [6, 6.07) is 8.24. The lowest BCUT2D eigenvalue weighted by Crippen LogP contribution is -2.46. The van der Waals surface area contributed by atoms with E-state index in [4.69, 9.17) is 21.1 Å². The number of pyridine rings is 1. The first-order valence-corrected chi connectivity index (χ1v) is 12.3. The molecule has 204 valence electrons. The fourth-order valence-corrected chi connectivity index (χ4v) is 3.54. The van der Waals surface area contributed by atoms with Crippen LogP contribution in [0, 0.1) is 5.41 Å². The van der Waals surface area contributed by atoms with Crippen LogP contribution in [0.25, 0.3) is 22.8 Å². The molecule has 2 heterocycles. The van der Waals surface area contributed by atoms with E-state index < -0.39 is 17.5 Å². The quantitative estimate of drug-likeness (QED) is 0.328. The number of nitrogens with zero attached hydrogens (tertiary/aromatic N) is 4. The van der Waals surface area contributed by atoms with Gasteiger partial charge in [0.05, 0.1) is 18.2 Å². The van der Waals surface area contributed by atoms with E-state index >= 15 is 0 Å². The second-order valence-corrected chi connectivity index (χ2v) is 9.60. The second-order valence-electron chi connectivity index (χ2n) is 9.19. The van der Waals surface area contributed by atoms with Gasteiger partial charge in [-0.25, -0.2) is 9.97 Å². The Balaban J connectivity index is 1.87. The van der Waals surface area contributed by atoms with Crippen molar-refractivity contribution >= 4 is 17.5 Å². The van der Waals surface area contributed by atoms with Gasteiger partial charge >= 0.3 is 12.2 Å². The van der Waals surface area contributed by atoms with Crippen molar-refractivity contribution in [3.8, 4) is 34.7 Å². The third-order valence-electron chi connectivity index (χ3n) is 5.81. The minimum atomic E-state index is -4.69. The number of carbonyl (C=O) groups is 1.